The van der Waals surface area contributed by atoms with Gasteiger partial charge < -0.3 is 15.3 Å². The van der Waals surface area contributed by atoms with Gasteiger partial charge in [0.25, 0.3) is 0 Å². The molecule has 0 radical (unpaired) electrons. The van der Waals surface area contributed by atoms with Crippen LogP contribution in [0.2, 0.25) is 0 Å². The maximum absolute atomic E-state index is 13.9. The first-order valence-corrected chi connectivity index (χ1v) is 6.57. The van der Waals surface area contributed by atoms with Gasteiger partial charge in [-0.1, -0.05) is 6.07 Å². The van der Waals surface area contributed by atoms with E-state index in [1.807, 2.05) is 13.1 Å². The largest absolute Gasteiger partial charge is 0.395 e. The summed E-state index contributed by atoms with van der Waals surface area (Å²) in [5, 5.41) is 12.2. The molecule has 2 N–H and O–H groups in total. The van der Waals surface area contributed by atoms with E-state index in [-0.39, 0.29) is 12.4 Å². The number of hydrogen-bond acceptors (Lipinski definition) is 3. The van der Waals surface area contributed by atoms with Crippen LogP contribution in [0, 0.1) is 5.82 Å². The van der Waals surface area contributed by atoms with E-state index in [0.717, 1.165) is 18.5 Å². The number of halogens is 1. The Morgan fingerprint density at radius 3 is 2.78 bits per heavy atom. The molecule has 1 aliphatic carbocycles. The van der Waals surface area contributed by atoms with Crippen molar-refractivity contribution in [1.82, 2.24) is 5.32 Å². The molecular formula is C14H21FN2O. The molecule has 0 bridgehead atoms. The molecule has 1 saturated carbocycles. The summed E-state index contributed by atoms with van der Waals surface area (Å²) < 4.78 is 13.9. The van der Waals surface area contributed by atoms with E-state index < -0.39 is 0 Å². The van der Waals surface area contributed by atoms with Gasteiger partial charge in [-0.3, -0.25) is 0 Å². The van der Waals surface area contributed by atoms with Gasteiger partial charge in [-0.25, -0.2) is 4.39 Å². The molecule has 0 amide bonds. The van der Waals surface area contributed by atoms with Crippen molar-refractivity contribution in [3.8, 4) is 0 Å². The summed E-state index contributed by atoms with van der Waals surface area (Å²) in [4.78, 5) is 2.15. The second-order valence-corrected chi connectivity index (χ2v) is 4.77. The Morgan fingerprint density at radius 1 is 1.44 bits per heavy atom. The van der Waals surface area contributed by atoms with Gasteiger partial charge in [0.15, 0.2) is 0 Å². The van der Waals surface area contributed by atoms with Crippen LogP contribution < -0.4 is 10.2 Å². The fourth-order valence-electron chi connectivity index (χ4n) is 2.47. The first-order valence-electron chi connectivity index (χ1n) is 6.57. The molecule has 0 saturated heterocycles. The molecule has 18 heavy (non-hydrogen) atoms. The van der Waals surface area contributed by atoms with Crippen LogP contribution in [0.1, 0.15) is 24.8 Å². The van der Waals surface area contributed by atoms with Crippen LogP contribution in [-0.4, -0.2) is 31.3 Å². The summed E-state index contributed by atoms with van der Waals surface area (Å²) in [6.07, 6.45) is 3.49. The molecule has 3 nitrogen and oxygen atoms in total. The van der Waals surface area contributed by atoms with Crippen molar-refractivity contribution < 1.29 is 9.50 Å². The SMILES string of the molecule is CNCc1c(F)cccc1N(CCO)C1CCC1. The van der Waals surface area contributed by atoms with Crippen molar-refractivity contribution in [3.05, 3.63) is 29.6 Å². The smallest absolute Gasteiger partial charge is 0.129 e. The van der Waals surface area contributed by atoms with Crippen LogP contribution in [0.3, 0.4) is 0 Å². The maximum Gasteiger partial charge on any atom is 0.129 e. The molecule has 0 aromatic heterocycles. The molecule has 2 rings (SSSR count). The lowest BCUT2D eigenvalue weighted by Crippen LogP contribution is -2.42. The van der Waals surface area contributed by atoms with E-state index in [1.165, 1.54) is 12.5 Å². The fraction of sp³-hybridized carbons (Fsp3) is 0.571. The molecule has 0 aliphatic heterocycles. The van der Waals surface area contributed by atoms with Crippen LogP contribution in [0.5, 0.6) is 0 Å². The number of rotatable bonds is 6. The Balaban J connectivity index is 2.30. The van der Waals surface area contributed by atoms with Gasteiger partial charge in [0.2, 0.25) is 0 Å². The van der Waals surface area contributed by atoms with Gasteiger partial charge >= 0.3 is 0 Å². The molecular weight excluding hydrogens is 231 g/mol. The van der Waals surface area contributed by atoms with Crippen molar-refractivity contribution in [1.29, 1.82) is 0 Å². The first kappa shape index (κ1) is 13.3. The number of benzene rings is 1. The predicted octanol–water partition coefficient (Wildman–Crippen LogP) is 1.90. The van der Waals surface area contributed by atoms with Crippen molar-refractivity contribution in [3.63, 3.8) is 0 Å². The molecule has 100 valence electrons. The molecule has 1 aromatic carbocycles. The Morgan fingerprint density at radius 2 is 2.22 bits per heavy atom. The minimum absolute atomic E-state index is 0.103. The van der Waals surface area contributed by atoms with E-state index in [0.29, 0.717) is 24.7 Å². The second-order valence-electron chi connectivity index (χ2n) is 4.77. The molecule has 1 aliphatic rings. The van der Waals surface area contributed by atoms with Crippen molar-refractivity contribution in [2.75, 3.05) is 25.1 Å². The Bertz CT molecular complexity index is 393. The number of hydrogen-bond donors (Lipinski definition) is 2. The topological polar surface area (TPSA) is 35.5 Å². The lowest BCUT2D eigenvalue weighted by Gasteiger charge is -2.40. The molecule has 4 heteroatoms. The van der Waals surface area contributed by atoms with E-state index in [9.17, 15) is 9.50 Å². The monoisotopic (exact) mass is 252 g/mol. The van der Waals surface area contributed by atoms with Crippen LogP contribution in [0.25, 0.3) is 0 Å². The van der Waals surface area contributed by atoms with Gasteiger partial charge in [-0.15, -0.1) is 0 Å². The lowest BCUT2D eigenvalue weighted by atomic mass is 9.90. The first-order chi connectivity index (χ1) is 8.77. The highest BCUT2D eigenvalue weighted by molar-refractivity contribution is 5.55. The van der Waals surface area contributed by atoms with Crippen LogP contribution in [0.15, 0.2) is 18.2 Å². The van der Waals surface area contributed by atoms with Crippen LogP contribution in [-0.2, 0) is 6.54 Å². The fourth-order valence-corrected chi connectivity index (χ4v) is 2.47. The lowest BCUT2D eigenvalue weighted by molar-refractivity contribution is 0.283. The Kier molecular flexibility index (Phi) is 4.55. The average Bonchev–Trinajstić information content (AvgIpc) is 2.29. The third-order valence-electron chi connectivity index (χ3n) is 3.61. The van der Waals surface area contributed by atoms with Gasteiger partial charge in [0.1, 0.15) is 5.82 Å². The van der Waals surface area contributed by atoms with Crippen LogP contribution >= 0.6 is 0 Å². The zero-order valence-corrected chi connectivity index (χ0v) is 10.8. The Hall–Kier alpha value is -1.13. The Labute approximate surface area is 108 Å². The van der Waals surface area contributed by atoms with Crippen molar-refractivity contribution >= 4 is 5.69 Å². The zero-order chi connectivity index (χ0) is 13.0. The molecule has 0 atom stereocenters. The third kappa shape index (κ3) is 2.65. The maximum atomic E-state index is 13.9. The third-order valence-corrected chi connectivity index (χ3v) is 3.61. The second kappa shape index (κ2) is 6.16. The average molecular weight is 252 g/mol. The summed E-state index contributed by atoms with van der Waals surface area (Å²) in [5.41, 5.74) is 1.61. The number of aliphatic hydroxyl groups excluding tert-OH is 1. The summed E-state index contributed by atoms with van der Waals surface area (Å²) in [5.74, 6) is -0.177. The van der Waals surface area contributed by atoms with Crippen molar-refractivity contribution in [2.45, 2.75) is 31.8 Å². The van der Waals surface area contributed by atoms with Crippen molar-refractivity contribution in [2.24, 2.45) is 0 Å². The standard InChI is InChI=1S/C14H21FN2O/c1-16-10-12-13(15)6-3-7-14(12)17(8-9-18)11-4-2-5-11/h3,6-7,11,16,18H,2,4-5,8-10H2,1H3. The minimum Gasteiger partial charge on any atom is -0.395 e. The highest BCUT2D eigenvalue weighted by Gasteiger charge is 2.26. The van der Waals surface area contributed by atoms with Gasteiger partial charge in [-0.2, -0.15) is 0 Å². The summed E-state index contributed by atoms with van der Waals surface area (Å²) >= 11 is 0. The highest BCUT2D eigenvalue weighted by atomic mass is 19.1. The molecule has 0 unspecified atom stereocenters. The van der Waals surface area contributed by atoms with Gasteiger partial charge in [0, 0.05) is 30.4 Å². The normalized spacial score (nSPS) is 15.5. The summed E-state index contributed by atoms with van der Waals surface area (Å²) in [6.45, 7) is 1.19. The molecule has 0 heterocycles. The highest BCUT2D eigenvalue weighted by Crippen LogP contribution is 2.32. The number of nitrogens with zero attached hydrogens (tertiary/aromatic N) is 1. The number of anilines is 1. The molecule has 1 aromatic rings. The van der Waals surface area contributed by atoms with Gasteiger partial charge in [0.05, 0.1) is 6.61 Å². The minimum atomic E-state index is -0.177. The zero-order valence-electron chi connectivity index (χ0n) is 10.8. The quantitative estimate of drug-likeness (QED) is 0.811. The molecule has 0 spiro atoms. The summed E-state index contributed by atoms with van der Waals surface area (Å²) in [6, 6.07) is 5.64. The van der Waals surface area contributed by atoms with Gasteiger partial charge in [-0.05, 0) is 38.4 Å². The number of nitrogens with one attached hydrogen (secondary N) is 1. The van der Waals surface area contributed by atoms with E-state index in [1.54, 1.807) is 6.07 Å². The van der Waals surface area contributed by atoms with E-state index >= 15 is 0 Å². The van der Waals surface area contributed by atoms with Crippen LogP contribution in [0.4, 0.5) is 10.1 Å². The molecule has 1 fully saturated rings. The van der Waals surface area contributed by atoms with E-state index in [2.05, 4.69) is 10.2 Å². The van der Waals surface area contributed by atoms with E-state index in [4.69, 9.17) is 0 Å². The number of aliphatic hydroxyl groups is 1. The predicted molar refractivity (Wildman–Crippen MR) is 71.2 cm³/mol. The summed E-state index contributed by atoms with van der Waals surface area (Å²) in [7, 11) is 1.82.